The normalized spacial score (nSPS) is 16.5. The van der Waals surface area contributed by atoms with Crippen LogP contribution in [-0.2, 0) is 4.79 Å². The van der Waals surface area contributed by atoms with Crippen LogP contribution in [0, 0.1) is 17.1 Å². The summed E-state index contributed by atoms with van der Waals surface area (Å²) in [7, 11) is 0. The number of aromatic nitrogens is 1. The maximum Gasteiger partial charge on any atom is 0.239 e. The molecule has 1 aromatic heterocycles. The van der Waals surface area contributed by atoms with Gasteiger partial charge in [-0.3, -0.25) is 9.69 Å². The molecule has 0 spiro atoms. The summed E-state index contributed by atoms with van der Waals surface area (Å²) in [6, 6.07) is 10.9. The van der Waals surface area contributed by atoms with Gasteiger partial charge in [-0.25, -0.2) is 9.37 Å². The van der Waals surface area contributed by atoms with Crippen LogP contribution in [0.3, 0.4) is 0 Å². The van der Waals surface area contributed by atoms with E-state index in [2.05, 4.69) is 16.0 Å². The first-order chi connectivity index (χ1) is 12.6. The molecule has 1 atom stereocenters. The van der Waals surface area contributed by atoms with E-state index in [1.165, 1.54) is 12.1 Å². The molecule has 3 rings (SSSR count). The van der Waals surface area contributed by atoms with E-state index in [1.54, 1.807) is 30.5 Å². The van der Waals surface area contributed by atoms with Gasteiger partial charge in [-0.05, 0) is 36.2 Å². The SMILES string of the molecule is N#Cc1cccnc1N1CCCN(C(C(N)=O)c2ccc(F)cc2)CC1. The molecule has 1 amide bonds. The number of pyridine rings is 1. The fourth-order valence-electron chi connectivity index (χ4n) is 3.34. The molecule has 2 heterocycles. The standard InChI is InChI=1S/C19H20FN5O/c20-16-6-4-14(5-7-16)17(18(22)26)24-9-2-10-25(12-11-24)19-15(13-21)3-1-8-23-19/h1,3-8,17H,2,9-12H2,(H2,22,26). The summed E-state index contributed by atoms with van der Waals surface area (Å²) in [5.41, 5.74) is 6.85. The van der Waals surface area contributed by atoms with E-state index in [0.717, 1.165) is 13.0 Å². The number of rotatable bonds is 4. The topological polar surface area (TPSA) is 86.2 Å². The summed E-state index contributed by atoms with van der Waals surface area (Å²) >= 11 is 0. The van der Waals surface area contributed by atoms with Crippen LogP contribution in [0.25, 0.3) is 0 Å². The number of primary amides is 1. The van der Waals surface area contributed by atoms with Gasteiger partial charge in [-0.15, -0.1) is 0 Å². The fraction of sp³-hybridized carbons (Fsp3) is 0.316. The van der Waals surface area contributed by atoms with Crippen molar-refractivity contribution in [2.45, 2.75) is 12.5 Å². The van der Waals surface area contributed by atoms with Crippen molar-refractivity contribution in [1.29, 1.82) is 5.26 Å². The number of nitrogens with two attached hydrogens (primary N) is 1. The molecule has 1 aliphatic heterocycles. The second-order valence-electron chi connectivity index (χ2n) is 6.22. The fourth-order valence-corrected chi connectivity index (χ4v) is 3.34. The van der Waals surface area contributed by atoms with Crippen LogP contribution in [0.5, 0.6) is 0 Å². The third kappa shape index (κ3) is 3.81. The van der Waals surface area contributed by atoms with Crippen LogP contribution in [0.15, 0.2) is 42.6 Å². The third-order valence-corrected chi connectivity index (χ3v) is 4.56. The van der Waals surface area contributed by atoms with Gasteiger partial charge >= 0.3 is 0 Å². The van der Waals surface area contributed by atoms with Gasteiger partial charge in [-0.1, -0.05) is 12.1 Å². The molecular weight excluding hydrogens is 333 g/mol. The van der Waals surface area contributed by atoms with E-state index in [0.29, 0.717) is 36.6 Å². The van der Waals surface area contributed by atoms with Gasteiger partial charge in [-0.2, -0.15) is 5.26 Å². The van der Waals surface area contributed by atoms with Crippen molar-refractivity contribution in [2.24, 2.45) is 5.73 Å². The second-order valence-corrected chi connectivity index (χ2v) is 6.22. The van der Waals surface area contributed by atoms with Crippen LogP contribution >= 0.6 is 0 Å². The molecule has 2 N–H and O–H groups in total. The zero-order valence-corrected chi connectivity index (χ0v) is 14.3. The molecule has 7 heteroatoms. The number of anilines is 1. The minimum atomic E-state index is -0.602. The number of carbonyl (C=O) groups is 1. The molecule has 1 aliphatic rings. The van der Waals surface area contributed by atoms with E-state index in [1.807, 2.05) is 4.90 Å². The maximum atomic E-state index is 13.2. The van der Waals surface area contributed by atoms with Crippen molar-refractivity contribution in [3.05, 3.63) is 59.5 Å². The van der Waals surface area contributed by atoms with Crippen molar-refractivity contribution in [2.75, 3.05) is 31.1 Å². The van der Waals surface area contributed by atoms with Gasteiger partial charge in [0.1, 0.15) is 23.7 Å². The summed E-state index contributed by atoms with van der Waals surface area (Å²) in [4.78, 5) is 20.5. The first-order valence-electron chi connectivity index (χ1n) is 8.49. The van der Waals surface area contributed by atoms with Crippen LogP contribution in [0.2, 0.25) is 0 Å². The third-order valence-electron chi connectivity index (χ3n) is 4.56. The lowest BCUT2D eigenvalue weighted by Gasteiger charge is -2.29. The Morgan fingerprint density at radius 3 is 2.65 bits per heavy atom. The second kappa shape index (κ2) is 7.93. The predicted molar refractivity (Wildman–Crippen MR) is 95.7 cm³/mol. The van der Waals surface area contributed by atoms with Crippen LogP contribution in [0.4, 0.5) is 10.2 Å². The van der Waals surface area contributed by atoms with E-state index in [4.69, 9.17) is 5.73 Å². The molecular formula is C19H20FN5O. The average molecular weight is 353 g/mol. The van der Waals surface area contributed by atoms with E-state index in [-0.39, 0.29) is 5.82 Å². The van der Waals surface area contributed by atoms with Gasteiger partial charge in [0.25, 0.3) is 0 Å². The number of hydrogen-bond acceptors (Lipinski definition) is 5. The lowest BCUT2D eigenvalue weighted by molar-refractivity contribution is -0.123. The van der Waals surface area contributed by atoms with Crippen molar-refractivity contribution in [1.82, 2.24) is 9.88 Å². The quantitative estimate of drug-likeness (QED) is 0.906. The Balaban J connectivity index is 1.79. The molecule has 1 fully saturated rings. The number of hydrogen-bond donors (Lipinski definition) is 1. The molecule has 26 heavy (non-hydrogen) atoms. The lowest BCUT2D eigenvalue weighted by atomic mass is 10.0. The summed E-state index contributed by atoms with van der Waals surface area (Å²) in [6.45, 7) is 2.62. The highest BCUT2D eigenvalue weighted by Crippen LogP contribution is 2.24. The number of nitrogens with zero attached hydrogens (tertiary/aromatic N) is 4. The number of benzene rings is 1. The average Bonchev–Trinajstić information content (AvgIpc) is 2.89. The Labute approximate surface area is 151 Å². The van der Waals surface area contributed by atoms with Gasteiger partial charge in [0.2, 0.25) is 5.91 Å². The maximum absolute atomic E-state index is 13.2. The Hall–Kier alpha value is -2.98. The van der Waals surface area contributed by atoms with Gasteiger partial charge in [0, 0.05) is 32.4 Å². The van der Waals surface area contributed by atoms with Crippen molar-refractivity contribution < 1.29 is 9.18 Å². The summed E-state index contributed by atoms with van der Waals surface area (Å²) in [5, 5.41) is 9.28. The number of nitriles is 1. The number of amides is 1. The summed E-state index contributed by atoms with van der Waals surface area (Å²) in [6.07, 6.45) is 2.47. The van der Waals surface area contributed by atoms with Crippen LogP contribution in [0.1, 0.15) is 23.6 Å². The minimum Gasteiger partial charge on any atom is -0.368 e. The Bertz CT molecular complexity index is 817. The van der Waals surface area contributed by atoms with Gasteiger partial charge in [0.15, 0.2) is 0 Å². The largest absolute Gasteiger partial charge is 0.368 e. The highest BCUT2D eigenvalue weighted by Gasteiger charge is 2.28. The van der Waals surface area contributed by atoms with Crippen molar-refractivity contribution in [3.63, 3.8) is 0 Å². The first kappa shape index (κ1) is 17.8. The highest BCUT2D eigenvalue weighted by atomic mass is 19.1. The van der Waals surface area contributed by atoms with E-state index in [9.17, 15) is 14.4 Å². The first-order valence-corrected chi connectivity index (χ1v) is 8.49. The van der Waals surface area contributed by atoms with E-state index < -0.39 is 11.9 Å². The Morgan fingerprint density at radius 2 is 1.96 bits per heavy atom. The molecule has 1 saturated heterocycles. The van der Waals surface area contributed by atoms with Crippen molar-refractivity contribution in [3.8, 4) is 6.07 Å². The molecule has 0 bridgehead atoms. The van der Waals surface area contributed by atoms with E-state index >= 15 is 0 Å². The zero-order chi connectivity index (χ0) is 18.5. The summed E-state index contributed by atoms with van der Waals surface area (Å²) in [5.74, 6) is -0.145. The predicted octanol–water partition coefficient (Wildman–Crippen LogP) is 1.83. The zero-order valence-electron chi connectivity index (χ0n) is 14.3. The molecule has 1 aromatic carbocycles. The monoisotopic (exact) mass is 353 g/mol. The Kier molecular flexibility index (Phi) is 5.44. The van der Waals surface area contributed by atoms with Crippen molar-refractivity contribution >= 4 is 11.7 Å². The number of carbonyl (C=O) groups excluding carboxylic acids is 1. The molecule has 134 valence electrons. The molecule has 1 unspecified atom stereocenters. The smallest absolute Gasteiger partial charge is 0.239 e. The minimum absolute atomic E-state index is 0.349. The van der Waals surface area contributed by atoms with Crippen LogP contribution < -0.4 is 10.6 Å². The molecule has 0 radical (unpaired) electrons. The summed E-state index contributed by atoms with van der Waals surface area (Å²) < 4.78 is 13.2. The molecule has 6 nitrogen and oxygen atoms in total. The molecule has 0 aliphatic carbocycles. The van der Waals surface area contributed by atoms with Gasteiger partial charge in [0.05, 0.1) is 5.56 Å². The number of halogens is 1. The lowest BCUT2D eigenvalue weighted by Crippen LogP contribution is -2.40. The van der Waals surface area contributed by atoms with Crippen LogP contribution in [-0.4, -0.2) is 42.0 Å². The molecule has 2 aromatic rings. The Morgan fingerprint density at radius 1 is 1.19 bits per heavy atom. The molecule has 0 saturated carbocycles. The van der Waals surface area contributed by atoms with Gasteiger partial charge < -0.3 is 10.6 Å². The highest BCUT2D eigenvalue weighted by molar-refractivity contribution is 5.81.